The highest BCUT2D eigenvalue weighted by Crippen LogP contribution is 2.33. The summed E-state index contributed by atoms with van der Waals surface area (Å²) in [6.07, 6.45) is 1.98. The lowest BCUT2D eigenvalue weighted by Crippen LogP contribution is -2.28. The van der Waals surface area contributed by atoms with E-state index in [0.29, 0.717) is 11.0 Å². The molecule has 1 aliphatic rings. The normalized spacial score (nSPS) is 13.3. The molecule has 0 bridgehead atoms. The van der Waals surface area contributed by atoms with Crippen LogP contribution in [0.4, 0.5) is 23.1 Å². The number of nitrogens with one attached hydrogen (secondary N) is 3. The average Bonchev–Trinajstić information content (AvgIpc) is 3.53. The van der Waals surface area contributed by atoms with E-state index in [4.69, 9.17) is 9.97 Å². The van der Waals surface area contributed by atoms with E-state index in [1.54, 1.807) is 0 Å². The third-order valence-electron chi connectivity index (χ3n) is 5.44. The van der Waals surface area contributed by atoms with Crippen LogP contribution < -0.4 is 15.5 Å². The van der Waals surface area contributed by atoms with Gasteiger partial charge in [-0.15, -0.1) is 0 Å². The molecule has 0 spiro atoms. The molecule has 3 N–H and O–H groups in total. The van der Waals surface area contributed by atoms with E-state index in [1.165, 1.54) is 11.8 Å². The molecular weight excluding hydrogens is 422 g/mol. The van der Waals surface area contributed by atoms with Gasteiger partial charge in [0.05, 0.1) is 0 Å². The van der Waals surface area contributed by atoms with E-state index < -0.39 is 0 Å². The maximum atomic E-state index is 12.0. The maximum Gasteiger partial charge on any atom is 0.227 e. The van der Waals surface area contributed by atoms with Gasteiger partial charge in [-0.3, -0.25) is 9.89 Å². The number of carbonyl (C=O) groups is 1. The van der Waals surface area contributed by atoms with Gasteiger partial charge in [0.25, 0.3) is 0 Å². The molecule has 0 unspecified atom stereocenters. The molecule has 3 aromatic rings. The van der Waals surface area contributed by atoms with Gasteiger partial charge in [0, 0.05) is 46.9 Å². The molecule has 0 aliphatic heterocycles. The topological polar surface area (TPSA) is 98.8 Å². The van der Waals surface area contributed by atoms with Crippen LogP contribution >= 0.6 is 11.8 Å². The van der Waals surface area contributed by atoms with E-state index in [0.717, 1.165) is 46.3 Å². The summed E-state index contributed by atoms with van der Waals surface area (Å²) in [6, 6.07) is 10.0. The van der Waals surface area contributed by atoms with Crippen LogP contribution in [0.25, 0.3) is 0 Å². The summed E-state index contributed by atoms with van der Waals surface area (Å²) in [7, 11) is 2.04. The minimum absolute atomic E-state index is 0.109. The largest absolute Gasteiger partial charge is 0.357 e. The Morgan fingerprint density at radius 1 is 1.19 bits per heavy atom. The van der Waals surface area contributed by atoms with Crippen molar-refractivity contribution in [1.82, 2.24) is 20.2 Å². The molecule has 9 heteroatoms. The Kier molecular flexibility index (Phi) is 6.36. The van der Waals surface area contributed by atoms with Crippen molar-refractivity contribution in [2.24, 2.45) is 5.92 Å². The standard InChI is InChI=1S/C23H29N7OS/c1-13(2)30(5)21-15(4)20(25-19-12-14(3)28-29-19)26-23(27-21)32-18-10-8-17(9-11-18)24-22(31)16-6-7-16/h8-13,16H,6-7H2,1-5H3,(H,24,31)(H2,25,26,27,28,29). The zero-order valence-electron chi connectivity index (χ0n) is 19.1. The van der Waals surface area contributed by atoms with Crippen LogP contribution in [0.1, 0.15) is 37.9 Å². The highest BCUT2D eigenvalue weighted by atomic mass is 32.2. The lowest BCUT2D eigenvalue weighted by atomic mass is 10.2. The molecule has 1 aromatic carbocycles. The summed E-state index contributed by atoms with van der Waals surface area (Å²) < 4.78 is 0. The van der Waals surface area contributed by atoms with Gasteiger partial charge in [0.1, 0.15) is 11.6 Å². The maximum absolute atomic E-state index is 12.0. The van der Waals surface area contributed by atoms with Gasteiger partial charge in [-0.05, 0) is 76.6 Å². The molecule has 2 heterocycles. The number of hydrogen-bond acceptors (Lipinski definition) is 7. The molecule has 1 saturated carbocycles. The van der Waals surface area contributed by atoms with Gasteiger partial charge in [-0.2, -0.15) is 5.10 Å². The number of hydrogen-bond donors (Lipinski definition) is 3. The van der Waals surface area contributed by atoms with Crippen molar-refractivity contribution in [3.63, 3.8) is 0 Å². The molecule has 4 rings (SSSR count). The molecule has 1 amide bonds. The van der Waals surface area contributed by atoms with E-state index in [9.17, 15) is 4.79 Å². The van der Waals surface area contributed by atoms with Crippen molar-refractivity contribution in [2.75, 3.05) is 22.6 Å². The van der Waals surface area contributed by atoms with Gasteiger partial charge in [0.15, 0.2) is 11.0 Å². The molecule has 168 valence electrons. The van der Waals surface area contributed by atoms with Crippen molar-refractivity contribution in [3.8, 4) is 0 Å². The molecule has 32 heavy (non-hydrogen) atoms. The zero-order valence-corrected chi connectivity index (χ0v) is 19.9. The Morgan fingerprint density at radius 2 is 1.91 bits per heavy atom. The SMILES string of the molecule is Cc1cc(Nc2nc(Sc3ccc(NC(=O)C4CC4)cc3)nc(N(C)C(C)C)c2C)n[nH]1. The summed E-state index contributed by atoms with van der Waals surface area (Å²) in [5.41, 5.74) is 2.75. The van der Waals surface area contributed by atoms with Gasteiger partial charge in [0.2, 0.25) is 5.91 Å². The number of anilines is 4. The van der Waals surface area contributed by atoms with Crippen molar-refractivity contribution in [3.05, 3.63) is 41.6 Å². The number of carbonyl (C=O) groups excluding carboxylic acids is 1. The monoisotopic (exact) mass is 451 g/mol. The van der Waals surface area contributed by atoms with Gasteiger partial charge in [-0.1, -0.05) is 0 Å². The first-order chi connectivity index (χ1) is 15.3. The van der Waals surface area contributed by atoms with Gasteiger partial charge >= 0.3 is 0 Å². The second-order valence-corrected chi connectivity index (χ2v) is 9.50. The average molecular weight is 452 g/mol. The molecule has 8 nitrogen and oxygen atoms in total. The zero-order chi connectivity index (χ0) is 22.8. The molecule has 0 radical (unpaired) electrons. The Hall–Kier alpha value is -3.07. The first kappa shape index (κ1) is 22.1. The predicted molar refractivity (Wildman–Crippen MR) is 129 cm³/mol. The minimum atomic E-state index is 0.109. The number of aromatic nitrogens is 4. The van der Waals surface area contributed by atoms with Gasteiger partial charge in [-0.25, -0.2) is 9.97 Å². The summed E-state index contributed by atoms with van der Waals surface area (Å²) >= 11 is 1.49. The first-order valence-corrected chi connectivity index (χ1v) is 11.6. The number of benzene rings is 1. The van der Waals surface area contributed by atoms with Crippen LogP contribution in [0.3, 0.4) is 0 Å². The minimum Gasteiger partial charge on any atom is -0.357 e. The third kappa shape index (κ3) is 5.21. The number of H-pyrrole nitrogens is 1. The summed E-state index contributed by atoms with van der Waals surface area (Å²) in [5, 5.41) is 14.2. The van der Waals surface area contributed by atoms with Crippen LogP contribution in [-0.4, -0.2) is 39.2 Å². The van der Waals surface area contributed by atoms with Crippen LogP contribution in [0, 0.1) is 19.8 Å². The summed E-state index contributed by atoms with van der Waals surface area (Å²) in [6.45, 7) is 8.24. The highest BCUT2D eigenvalue weighted by Gasteiger charge is 2.29. The first-order valence-electron chi connectivity index (χ1n) is 10.8. The predicted octanol–water partition coefficient (Wildman–Crippen LogP) is 4.90. The van der Waals surface area contributed by atoms with E-state index in [2.05, 4.69) is 39.6 Å². The van der Waals surface area contributed by atoms with Crippen LogP contribution in [-0.2, 0) is 4.79 Å². The molecule has 1 aliphatic carbocycles. The highest BCUT2D eigenvalue weighted by molar-refractivity contribution is 7.99. The second kappa shape index (κ2) is 9.20. The van der Waals surface area contributed by atoms with Crippen molar-refractivity contribution in [1.29, 1.82) is 0 Å². The van der Waals surface area contributed by atoms with Crippen molar-refractivity contribution < 1.29 is 4.79 Å². The number of nitrogens with zero attached hydrogens (tertiary/aromatic N) is 4. The van der Waals surface area contributed by atoms with Gasteiger partial charge < -0.3 is 15.5 Å². The molecule has 0 atom stereocenters. The number of aryl methyl sites for hydroxylation is 1. The van der Waals surface area contributed by atoms with Crippen molar-refractivity contribution in [2.45, 2.75) is 56.6 Å². The molecule has 1 fully saturated rings. The van der Waals surface area contributed by atoms with Crippen molar-refractivity contribution >= 4 is 40.8 Å². The Morgan fingerprint density at radius 3 is 2.50 bits per heavy atom. The lowest BCUT2D eigenvalue weighted by molar-refractivity contribution is -0.117. The smallest absolute Gasteiger partial charge is 0.227 e. The molecule has 0 saturated heterocycles. The fraction of sp³-hybridized carbons (Fsp3) is 0.391. The third-order valence-corrected chi connectivity index (χ3v) is 6.31. The Bertz CT molecular complexity index is 1110. The quantitative estimate of drug-likeness (QED) is 0.419. The van der Waals surface area contributed by atoms with E-state index in [-0.39, 0.29) is 17.9 Å². The molecular formula is C23H29N7OS. The molecule has 2 aromatic heterocycles. The van der Waals surface area contributed by atoms with Crippen LogP contribution in [0.5, 0.6) is 0 Å². The Labute approximate surface area is 192 Å². The fourth-order valence-electron chi connectivity index (χ4n) is 3.15. The lowest BCUT2D eigenvalue weighted by Gasteiger charge is -2.25. The second-order valence-electron chi connectivity index (χ2n) is 8.46. The number of aromatic amines is 1. The van der Waals surface area contributed by atoms with E-state index in [1.807, 2.05) is 51.2 Å². The fourth-order valence-corrected chi connectivity index (χ4v) is 3.90. The van der Waals surface area contributed by atoms with Crippen LogP contribution in [0.2, 0.25) is 0 Å². The van der Waals surface area contributed by atoms with Crippen LogP contribution in [0.15, 0.2) is 40.4 Å². The van der Waals surface area contributed by atoms with E-state index >= 15 is 0 Å². The Balaban J connectivity index is 1.58. The summed E-state index contributed by atoms with van der Waals surface area (Å²) in [4.78, 5) is 24.7. The summed E-state index contributed by atoms with van der Waals surface area (Å²) in [5.74, 6) is 2.61. The number of rotatable bonds is 8. The number of amides is 1.